The van der Waals surface area contributed by atoms with Gasteiger partial charge in [-0.3, -0.25) is 4.79 Å². The summed E-state index contributed by atoms with van der Waals surface area (Å²) in [6.07, 6.45) is 0.973. The van der Waals surface area contributed by atoms with Crippen molar-refractivity contribution in [3.63, 3.8) is 0 Å². The van der Waals surface area contributed by atoms with Crippen LogP contribution in [-0.2, 0) is 11.2 Å². The summed E-state index contributed by atoms with van der Waals surface area (Å²) in [6, 6.07) is 17.1. The number of ketones is 1. The summed E-state index contributed by atoms with van der Waals surface area (Å²) in [6.45, 7) is 2.04. The monoisotopic (exact) mass is 393 g/mol. The number of H-pyrrole nitrogens is 1. The number of nitrogens with one attached hydrogen (secondary N) is 1. The minimum Gasteiger partial charge on any atom is -0.461 e. The van der Waals surface area contributed by atoms with E-state index in [4.69, 9.17) is 16.3 Å². The molecule has 2 aromatic carbocycles. The lowest BCUT2D eigenvalue weighted by Crippen LogP contribution is -2.18. The van der Waals surface area contributed by atoms with Crippen molar-refractivity contribution in [2.75, 3.05) is 6.61 Å². The molecule has 5 heteroatoms. The molecule has 142 valence electrons. The number of ether oxygens (including phenoxy) is 1. The van der Waals surface area contributed by atoms with Crippen LogP contribution in [0.4, 0.5) is 0 Å². The molecule has 4 rings (SSSR count). The van der Waals surface area contributed by atoms with Crippen molar-refractivity contribution in [3.05, 3.63) is 82.1 Å². The lowest BCUT2D eigenvalue weighted by Gasteiger charge is -2.23. The van der Waals surface area contributed by atoms with E-state index in [0.29, 0.717) is 34.7 Å². The summed E-state index contributed by atoms with van der Waals surface area (Å²) in [7, 11) is 0. The fourth-order valence-electron chi connectivity index (χ4n) is 3.93. The molecule has 0 radical (unpaired) electrons. The van der Waals surface area contributed by atoms with Gasteiger partial charge < -0.3 is 9.72 Å². The van der Waals surface area contributed by atoms with Crippen molar-refractivity contribution in [3.8, 4) is 11.1 Å². The first-order chi connectivity index (χ1) is 13.6. The molecule has 28 heavy (non-hydrogen) atoms. The molecule has 1 atom stereocenters. The largest absolute Gasteiger partial charge is 0.461 e. The van der Waals surface area contributed by atoms with Gasteiger partial charge in [-0.2, -0.15) is 0 Å². The maximum atomic E-state index is 13.2. The first-order valence-electron chi connectivity index (χ1n) is 9.35. The quantitative estimate of drug-likeness (QED) is 0.601. The first-order valence-corrected chi connectivity index (χ1v) is 9.73. The molecule has 0 fully saturated rings. The fourth-order valence-corrected chi connectivity index (χ4v) is 4.22. The number of carbonyl (C=O) groups excluding carboxylic acids is 2. The van der Waals surface area contributed by atoms with Crippen LogP contribution in [0.2, 0.25) is 5.02 Å². The Kier molecular flexibility index (Phi) is 5.05. The fraction of sp³-hybridized carbons (Fsp3) is 0.217. The summed E-state index contributed by atoms with van der Waals surface area (Å²) >= 11 is 6.36. The highest BCUT2D eigenvalue weighted by molar-refractivity contribution is 6.31. The Morgan fingerprint density at radius 2 is 1.79 bits per heavy atom. The molecule has 1 N–H and O–H groups in total. The van der Waals surface area contributed by atoms with Crippen LogP contribution in [0.15, 0.2) is 54.6 Å². The summed E-state index contributed by atoms with van der Waals surface area (Å²) in [5.41, 5.74) is 4.12. The van der Waals surface area contributed by atoms with Crippen molar-refractivity contribution in [2.24, 2.45) is 0 Å². The first kappa shape index (κ1) is 18.5. The topological polar surface area (TPSA) is 59.2 Å². The highest BCUT2D eigenvalue weighted by atomic mass is 35.5. The molecule has 1 aromatic heterocycles. The van der Waals surface area contributed by atoms with Crippen LogP contribution in [0.5, 0.6) is 0 Å². The number of rotatable bonds is 4. The van der Waals surface area contributed by atoms with Crippen molar-refractivity contribution in [2.45, 2.75) is 25.7 Å². The summed E-state index contributed by atoms with van der Waals surface area (Å²) in [5.74, 6) is -0.458. The Hall–Kier alpha value is -2.85. The molecule has 1 heterocycles. The van der Waals surface area contributed by atoms with E-state index in [2.05, 4.69) is 4.98 Å². The average molecular weight is 394 g/mol. The number of aromatic amines is 1. The Bertz CT molecular complexity index is 1040. The zero-order valence-electron chi connectivity index (χ0n) is 15.5. The summed E-state index contributed by atoms with van der Waals surface area (Å²) in [4.78, 5) is 28.9. The lowest BCUT2D eigenvalue weighted by molar-refractivity contribution is 0.0521. The molecule has 0 unspecified atom stereocenters. The van der Waals surface area contributed by atoms with Crippen LogP contribution in [0.25, 0.3) is 11.1 Å². The van der Waals surface area contributed by atoms with Crippen molar-refractivity contribution in [1.29, 1.82) is 0 Å². The van der Waals surface area contributed by atoms with E-state index < -0.39 is 5.97 Å². The average Bonchev–Trinajstić information content (AvgIpc) is 3.09. The number of esters is 1. The molecule has 1 aliphatic rings. The van der Waals surface area contributed by atoms with Gasteiger partial charge in [0.25, 0.3) is 0 Å². The van der Waals surface area contributed by atoms with Gasteiger partial charge in [0.2, 0.25) is 0 Å². The Morgan fingerprint density at radius 3 is 2.50 bits per heavy atom. The van der Waals surface area contributed by atoms with Crippen molar-refractivity contribution in [1.82, 2.24) is 4.98 Å². The molecule has 4 nitrogen and oxygen atoms in total. The molecule has 0 aliphatic heterocycles. The third-order valence-corrected chi connectivity index (χ3v) is 5.47. The third kappa shape index (κ3) is 3.25. The summed E-state index contributed by atoms with van der Waals surface area (Å²) < 4.78 is 5.23. The molecule has 0 saturated carbocycles. The van der Waals surface area contributed by atoms with Gasteiger partial charge in [0.05, 0.1) is 6.61 Å². The normalized spacial score (nSPS) is 15.9. The molecular formula is C23H20ClNO3. The predicted molar refractivity (Wildman–Crippen MR) is 109 cm³/mol. The van der Waals surface area contributed by atoms with Crippen molar-refractivity contribution < 1.29 is 14.3 Å². The van der Waals surface area contributed by atoms with Gasteiger partial charge in [-0.25, -0.2) is 4.79 Å². The highest BCUT2D eigenvalue weighted by Crippen LogP contribution is 2.41. The molecule has 0 spiro atoms. The van der Waals surface area contributed by atoms with Crippen molar-refractivity contribution >= 4 is 23.4 Å². The molecule has 0 saturated heterocycles. The summed E-state index contributed by atoms with van der Waals surface area (Å²) in [5, 5.41) is 0.657. The van der Waals surface area contributed by atoms with Gasteiger partial charge in [-0.15, -0.1) is 0 Å². The Labute approximate surface area is 168 Å². The Morgan fingerprint density at radius 1 is 1.07 bits per heavy atom. The zero-order valence-corrected chi connectivity index (χ0v) is 16.3. The number of halogens is 1. The zero-order chi connectivity index (χ0) is 19.7. The molecule has 1 aliphatic carbocycles. The van der Waals surface area contributed by atoms with Gasteiger partial charge in [0.15, 0.2) is 5.78 Å². The number of hydrogen-bond acceptors (Lipinski definition) is 3. The maximum absolute atomic E-state index is 13.2. The molecular weight excluding hydrogens is 374 g/mol. The van der Waals surface area contributed by atoms with Crippen LogP contribution >= 0.6 is 11.6 Å². The van der Waals surface area contributed by atoms with E-state index in [-0.39, 0.29) is 18.3 Å². The molecule has 3 aromatic rings. The van der Waals surface area contributed by atoms with E-state index in [1.54, 1.807) is 6.92 Å². The number of hydrogen-bond donors (Lipinski definition) is 1. The SMILES string of the molecule is CCOC(=O)c1[nH]c2c(c1-c1ccccc1)C(=O)C[C@H](c1ccccc1Cl)C2. The maximum Gasteiger partial charge on any atom is 0.355 e. The van der Waals surface area contributed by atoms with Crippen LogP contribution in [-0.4, -0.2) is 23.3 Å². The van der Waals surface area contributed by atoms with Crippen LogP contribution in [0, 0.1) is 0 Å². The van der Waals surface area contributed by atoms with Gasteiger partial charge in [0, 0.05) is 28.3 Å². The van der Waals surface area contributed by atoms with E-state index in [1.165, 1.54) is 0 Å². The predicted octanol–water partition coefficient (Wildman–Crippen LogP) is 5.42. The molecule has 0 amide bonds. The number of carbonyl (C=O) groups is 2. The second-order valence-electron chi connectivity index (χ2n) is 6.86. The van der Waals surface area contributed by atoms with Gasteiger partial charge in [-0.1, -0.05) is 60.1 Å². The number of fused-ring (bicyclic) bond motifs is 1. The van der Waals surface area contributed by atoms with Gasteiger partial charge in [-0.05, 0) is 36.5 Å². The Balaban J connectivity index is 1.83. The van der Waals surface area contributed by atoms with E-state index in [9.17, 15) is 9.59 Å². The second-order valence-corrected chi connectivity index (χ2v) is 7.27. The highest BCUT2D eigenvalue weighted by Gasteiger charge is 2.34. The number of aromatic nitrogens is 1. The number of benzene rings is 2. The third-order valence-electron chi connectivity index (χ3n) is 5.13. The minimum atomic E-state index is -0.446. The molecule has 0 bridgehead atoms. The number of Topliss-reactive ketones (excluding diaryl/α,β-unsaturated/α-hetero) is 1. The van der Waals surface area contributed by atoms with Crippen LogP contribution in [0.3, 0.4) is 0 Å². The van der Waals surface area contributed by atoms with Crippen LogP contribution in [0.1, 0.15) is 51.4 Å². The van der Waals surface area contributed by atoms with Gasteiger partial charge >= 0.3 is 5.97 Å². The van der Waals surface area contributed by atoms with E-state index in [1.807, 2.05) is 54.6 Å². The van der Waals surface area contributed by atoms with E-state index in [0.717, 1.165) is 16.8 Å². The van der Waals surface area contributed by atoms with Crippen LogP contribution < -0.4 is 0 Å². The second kappa shape index (κ2) is 7.64. The van der Waals surface area contributed by atoms with E-state index >= 15 is 0 Å². The lowest BCUT2D eigenvalue weighted by atomic mass is 9.80. The minimum absolute atomic E-state index is 0.0109. The van der Waals surface area contributed by atoms with Gasteiger partial charge in [0.1, 0.15) is 5.69 Å². The standard InChI is InChI=1S/C23H20ClNO3/c1-2-28-23(27)22-20(14-8-4-3-5-9-14)21-18(25-22)12-15(13-19(21)26)16-10-6-7-11-17(16)24/h3-11,15,25H,2,12-13H2,1H3/t15-/m1/s1. The smallest absolute Gasteiger partial charge is 0.355 e.